The van der Waals surface area contributed by atoms with Crippen LogP contribution in [0.3, 0.4) is 0 Å². The molecule has 0 aliphatic heterocycles. The second-order valence-corrected chi connectivity index (χ2v) is 9.78. The third kappa shape index (κ3) is 2.72. The molecule has 39 heavy (non-hydrogen) atoms. The van der Waals surface area contributed by atoms with Gasteiger partial charge in [0.15, 0.2) is 5.58 Å². The van der Waals surface area contributed by atoms with Crippen molar-refractivity contribution in [3.63, 3.8) is 0 Å². The van der Waals surface area contributed by atoms with E-state index in [0.29, 0.717) is 5.95 Å². The van der Waals surface area contributed by atoms with Crippen LogP contribution in [0.2, 0.25) is 0 Å². The first-order chi connectivity index (χ1) is 19.4. The van der Waals surface area contributed by atoms with E-state index in [0.717, 1.165) is 60.5 Å². The molecule has 6 nitrogen and oxygen atoms in total. The van der Waals surface area contributed by atoms with Crippen molar-refractivity contribution in [3.8, 4) is 11.6 Å². The van der Waals surface area contributed by atoms with Gasteiger partial charge in [-0.3, -0.25) is 4.57 Å². The summed E-state index contributed by atoms with van der Waals surface area (Å²) in [5.41, 5.74) is 7.18. The van der Waals surface area contributed by atoms with Crippen LogP contribution in [0.15, 0.2) is 120 Å². The van der Waals surface area contributed by atoms with Crippen LogP contribution in [0.25, 0.3) is 77.2 Å². The molecule has 0 N–H and O–H groups in total. The summed E-state index contributed by atoms with van der Waals surface area (Å²) >= 11 is 0. The molecule has 9 rings (SSSR count). The third-order valence-corrected chi connectivity index (χ3v) is 7.77. The van der Waals surface area contributed by atoms with Crippen molar-refractivity contribution in [2.75, 3.05) is 0 Å². The van der Waals surface area contributed by atoms with Crippen molar-refractivity contribution in [1.29, 1.82) is 0 Å². The number of aromatic nitrogens is 5. The van der Waals surface area contributed by atoms with Crippen LogP contribution in [0.5, 0.6) is 0 Å². The van der Waals surface area contributed by atoms with Gasteiger partial charge in [0.05, 0.1) is 22.1 Å². The second-order valence-electron chi connectivity index (χ2n) is 9.78. The molecule has 0 saturated heterocycles. The molecule has 182 valence electrons. The van der Waals surface area contributed by atoms with E-state index in [1.54, 1.807) is 0 Å². The Balaban J connectivity index is 1.43. The Morgan fingerprint density at radius 1 is 0.513 bits per heavy atom. The number of fused-ring (bicyclic) bond motifs is 10. The van der Waals surface area contributed by atoms with Crippen molar-refractivity contribution in [3.05, 3.63) is 116 Å². The smallest absolute Gasteiger partial charge is 0.237 e. The molecule has 0 bridgehead atoms. The van der Waals surface area contributed by atoms with Crippen LogP contribution in [0.1, 0.15) is 0 Å². The van der Waals surface area contributed by atoms with Gasteiger partial charge in [0.25, 0.3) is 0 Å². The molecule has 5 aromatic carbocycles. The van der Waals surface area contributed by atoms with Gasteiger partial charge in [-0.25, -0.2) is 15.0 Å². The number of nitrogens with zero attached hydrogens (tertiary/aromatic N) is 5. The zero-order chi connectivity index (χ0) is 25.5. The van der Waals surface area contributed by atoms with Crippen molar-refractivity contribution >= 4 is 65.6 Å². The lowest BCUT2D eigenvalue weighted by Crippen LogP contribution is -2.00. The molecule has 0 amide bonds. The molecular formula is C33H19N5O. The van der Waals surface area contributed by atoms with E-state index in [2.05, 4.69) is 109 Å². The summed E-state index contributed by atoms with van der Waals surface area (Å²) in [5, 5.41) is 6.89. The lowest BCUT2D eigenvalue weighted by atomic mass is 10.1. The average molecular weight is 502 g/mol. The van der Waals surface area contributed by atoms with Gasteiger partial charge in [-0.05, 0) is 42.5 Å². The minimum absolute atomic E-state index is 0.602. The monoisotopic (exact) mass is 501 g/mol. The number of rotatable bonds is 2. The van der Waals surface area contributed by atoms with E-state index in [-0.39, 0.29) is 0 Å². The summed E-state index contributed by atoms with van der Waals surface area (Å²) < 4.78 is 11.0. The Bertz CT molecular complexity index is 2400. The Morgan fingerprint density at radius 3 is 1.97 bits per heavy atom. The minimum Gasteiger partial charge on any atom is -0.454 e. The first-order valence-corrected chi connectivity index (χ1v) is 12.9. The molecule has 0 fully saturated rings. The molecule has 0 aliphatic rings. The highest BCUT2D eigenvalue weighted by atomic mass is 16.3. The molecule has 0 radical (unpaired) electrons. The summed E-state index contributed by atoms with van der Waals surface area (Å²) in [6.45, 7) is 0. The van der Waals surface area contributed by atoms with Gasteiger partial charge in [0.1, 0.15) is 18.2 Å². The Hall–Kier alpha value is -5.49. The van der Waals surface area contributed by atoms with Gasteiger partial charge < -0.3 is 8.98 Å². The van der Waals surface area contributed by atoms with E-state index in [1.165, 1.54) is 23.4 Å². The number of furan rings is 1. The molecule has 4 heterocycles. The molecule has 0 saturated carbocycles. The largest absolute Gasteiger partial charge is 0.454 e. The number of hydrogen-bond donors (Lipinski definition) is 0. The van der Waals surface area contributed by atoms with Crippen molar-refractivity contribution in [1.82, 2.24) is 24.1 Å². The van der Waals surface area contributed by atoms with Gasteiger partial charge >= 0.3 is 0 Å². The molecule has 0 atom stereocenters. The van der Waals surface area contributed by atoms with Crippen LogP contribution in [0.4, 0.5) is 0 Å². The molecule has 6 heteroatoms. The molecular weight excluding hydrogens is 482 g/mol. The first-order valence-electron chi connectivity index (χ1n) is 12.9. The Labute approximate surface area is 221 Å². The predicted octanol–water partition coefficient (Wildman–Crippen LogP) is 7.97. The lowest BCUT2D eigenvalue weighted by Gasteiger charge is -2.09. The zero-order valence-corrected chi connectivity index (χ0v) is 20.6. The average Bonchev–Trinajstić information content (AvgIpc) is 3.65. The summed E-state index contributed by atoms with van der Waals surface area (Å²) in [6.07, 6.45) is 3.07. The SMILES string of the molecule is c1ccc2c(c1)oc1c2ccc2c3ccccc3n(-c3ccc4c(c3)c3ccccc3n4-c3ncncn3)c21. The first kappa shape index (κ1) is 20.6. The van der Waals surface area contributed by atoms with Gasteiger partial charge in [0, 0.05) is 38.0 Å². The fraction of sp³-hybridized carbons (Fsp3) is 0. The summed E-state index contributed by atoms with van der Waals surface area (Å²) in [6, 6.07) is 36.2. The van der Waals surface area contributed by atoms with Gasteiger partial charge in [-0.1, -0.05) is 60.7 Å². The zero-order valence-electron chi connectivity index (χ0n) is 20.6. The lowest BCUT2D eigenvalue weighted by molar-refractivity contribution is 0.671. The van der Waals surface area contributed by atoms with Crippen LogP contribution in [-0.4, -0.2) is 24.1 Å². The topological polar surface area (TPSA) is 61.7 Å². The van der Waals surface area contributed by atoms with Crippen molar-refractivity contribution in [2.45, 2.75) is 0 Å². The predicted molar refractivity (Wildman–Crippen MR) is 156 cm³/mol. The summed E-state index contributed by atoms with van der Waals surface area (Å²) in [7, 11) is 0. The van der Waals surface area contributed by atoms with Gasteiger partial charge in [-0.15, -0.1) is 0 Å². The van der Waals surface area contributed by atoms with Crippen LogP contribution in [0, 0.1) is 0 Å². The maximum atomic E-state index is 6.53. The van der Waals surface area contributed by atoms with E-state index >= 15 is 0 Å². The minimum atomic E-state index is 0.602. The normalized spacial score (nSPS) is 12.1. The maximum Gasteiger partial charge on any atom is 0.237 e. The molecule has 9 aromatic rings. The van der Waals surface area contributed by atoms with Crippen molar-refractivity contribution < 1.29 is 4.42 Å². The van der Waals surface area contributed by atoms with E-state index in [4.69, 9.17) is 4.42 Å². The molecule has 0 aliphatic carbocycles. The highest BCUT2D eigenvalue weighted by Gasteiger charge is 2.20. The number of para-hydroxylation sites is 3. The standard InChI is InChI=1S/C33H19N5O/c1-4-10-27-21(7-1)24-14-15-25-23-9-3-6-12-30(23)39-32(25)31(24)37(27)20-13-16-29-26(17-20)22-8-2-5-11-28(22)38(29)33-35-18-34-19-36-33/h1-19H. The third-order valence-electron chi connectivity index (χ3n) is 7.77. The van der Waals surface area contributed by atoms with Crippen LogP contribution < -0.4 is 0 Å². The van der Waals surface area contributed by atoms with Crippen LogP contribution in [-0.2, 0) is 0 Å². The van der Waals surface area contributed by atoms with E-state index in [9.17, 15) is 0 Å². The molecule has 0 spiro atoms. The summed E-state index contributed by atoms with van der Waals surface area (Å²) in [4.78, 5) is 12.9. The quantitative estimate of drug-likeness (QED) is 0.241. The molecule has 4 aromatic heterocycles. The number of benzene rings is 5. The maximum absolute atomic E-state index is 6.53. The highest BCUT2D eigenvalue weighted by molar-refractivity contribution is 6.21. The fourth-order valence-electron chi connectivity index (χ4n) is 6.16. The Kier molecular flexibility index (Phi) is 3.96. The van der Waals surface area contributed by atoms with E-state index in [1.807, 2.05) is 18.2 Å². The number of hydrogen-bond acceptors (Lipinski definition) is 4. The fourth-order valence-corrected chi connectivity index (χ4v) is 6.16. The highest BCUT2D eigenvalue weighted by Crippen LogP contribution is 2.41. The van der Waals surface area contributed by atoms with Crippen LogP contribution >= 0.6 is 0 Å². The molecule has 0 unspecified atom stereocenters. The van der Waals surface area contributed by atoms with E-state index < -0.39 is 0 Å². The summed E-state index contributed by atoms with van der Waals surface area (Å²) in [5.74, 6) is 0.602. The van der Waals surface area contributed by atoms with Gasteiger partial charge in [-0.2, -0.15) is 0 Å². The van der Waals surface area contributed by atoms with Gasteiger partial charge in [0.2, 0.25) is 5.95 Å². The van der Waals surface area contributed by atoms with Crippen molar-refractivity contribution in [2.24, 2.45) is 0 Å². The second kappa shape index (κ2) is 7.52. The Morgan fingerprint density at radius 2 is 1.15 bits per heavy atom.